The van der Waals surface area contributed by atoms with Crippen LogP contribution < -0.4 is 10.1 Å². The Labute approximate surface area is 163 Å². The van der Waals surface area contributed by atoms with Gasteiger partial charge in [-0.25, -0.2) is 4.79 Å². The van der Waals surface area contributed by atoms with Gasteiger partial charge in [0.1, 0.15) is 17.9 Å². The zero-order valence-corrected chi connectivity index (χ0v) is 15.7. The van der Waals surface area contributed by atoms with Crippen molar-refractivity contribution in [1.82, 2.24) is 10.2 Å². The number of hydrogen-bond acceptors (Lipinski definition) is 3. The molecule has 1 saturated heterocycles. The Morgan fingerprint density at radius 1 is 1.11 bits per heavy atom. The molecule has 1 unspecified atom stereocenters. The summed E-state index contributed by atoms with van der Waals surface area (Å²) in [7, 11) is 0. The maximum Gasteiger partial charge on any atom is 0.325 e. The normalized spacial score (nSPS) is 21.7. The van der Waals surface area contributed by atoms with Gasteiger partial charge in [0.05, 0.1) is 6.54 Å². The second kappa shape index (κ2) is 7.24. The first-order valence-electron chi connectivity index (χ1n) is 9.21. The molecule has 1 heterocycles. The molecule has 5 nitrogen and oxygen atoms in total. The summed E-state index contributed by atoms with van der Waals surface area (Å²) >= 11 is 5.95. The number of fused-ring (bicyclic) bond motifs is 2. The Morgan fingerprint density at radius 3 is 2.81 bits per heavy atom. The van der Waals surface area contributed by atoms with E-state index in [-0.39, 0.29) is 25.1 Å². The van der Waals surface area contributed by atoms with Crippen molar-refractivity contribution in [3.05, 3.63) is 64.7 Å². The molecule has 0 bridgehead atoms. The van der Waals surface area contributed by atoms with Crippen molar-refractivity contribution in [2.24, 2.45) is 0 Å². The molecule has 6 heteroatoms. The summed E-state index contributed by atoms with van der Waals surface area (Å²) in [5.41, 5.74) is 1.13. The van der Waals surface area contributed by atoms with Crippen LogP contribution in [0, 0.1) is 0 Å². The largest absolute Gasteiger partial charge is 0.492 e. The van der Waals surface area contributed by atoms with E-state index in [2.05, 4.69) is 5.32 Å². The van der Waals surface area contributed by atoms with Gasteiger partial charge in [0, 0.05) is 5.02 Å². The van der Waals surface area contributed by atoms with Crippen molar-refractivity contribution in [1.29, 1.82) is 0 Å². The highest BCUT2D eigenvalue weighted by atomic mass is 35.5. The summed E-state index contributed by atoms with van der Waals surface area (Å²) in [6.07, 6.45) is 3.46. The number of halogens is 1. The van der Waals surface area contributed by atoms with Crippen LogP contribution in [0.4, 0.5) is 4.79 Å². The van der Waals surface area contributed by atoms with E-state index in [0.29, 0.717) is 17.2 Å². The SMILES string of the molecule is O=C1NC2(CCCCc3ccccc32)C(=O)N1CCOc1cccc(Cl)c1. The quantitative estimate of drug-likeness (QED) is 0.813. The van der Waals surface area contributed by atoms with Gasteiger partial charge in [-0.3, -0.25) is 9.69 Å². The van der Waals surface area contributed by atoms with Crippen molar-refractivity contribution in [3.63, 3.8) is 0 Å². The number of imide groups is 1. The molecule has 1 fully saturated rings. The van der Waals surface area contributed by atoms with Crippen LogP contribution in [0.1, 0.15) is 30.4 Å². The highest BCUT2D eigenvalue weighted by Gasteiger charge is 2.53. The Balaban J connectivity index is 1.52. The second-order valence-electron chi connectivity index (χ2n) is 6.96. The Hall–Kier alpha value is -2.53. The van der Waals surface area contributed by atoms with Gasteiger partial charge in [-0.05, 0) is 55.0 Å². The van der Waals surface area contributed by atoms with E-state index in [9.17, 15) is 9.59 Å². The smallest absolute Gasteiger partial charge is 0.325 e. The van der Waals surface area contributed by atoms with Gasteiger partial charge < -0.3 is 10.1 Å². The van der Waals surface area contributed by atoms with E-state index in [1.165, 1.54) is 4.90 Å². The van der Waals surface area contributed by atoms with E-state index in [0.717, 1.165) is 30.4 Å². The van der Waals surface area contributed by atoms with Gasteiger partial charge in [-0.1, -0.05) is 41.9 Å². The molecule has 2 aliphatic rings. The molecular formula is C21H21ClN2O3. The number of hydrogen-bond donors (Lipinski definition) is 1. The van der Waals surface area contributed by atoms with E-state index in [1.807, 2.05) is 24.3 Å². The fourth-order valence-corrected chi connectivity index (χ4v) is 4.17. The third kappa shape index (κ3) is 3.28. The van der Waals surface area contributed by atoms with Gasteiger partial charge >= 0.3 is 6.03 Å². The molecule has 140 valence electrons. The Kier molecular flexibility index (Phi) is 4.79. The molecule has 0 radical (unpaired) electrons. The monoisotopic (exact) mass is 384 g/mol. The fraction of sp³-hybridized carbons (Fsp3) is 0.333. The standard InChI is InChI=1S/C21H21ClN2O3/c22-16-8-5-9-17(14-16)27-13-12-24-19(25)21(23-20(24)26)11-4-3-7-15-6-1-2-10-18(15)21/h1-2,5-6,8-10,14H,3-4,7,11-13H2,(H,23,26). The van der Waals surface area contributed by atoms with Gasteiger partial charge in [0.25, 0.3) is 5.91 Å². The predicted molar refractivity (Wildman–Crippen MR) is 103 cm³/mol. The highest BCUT2D eigenvalue weighted by molar-refractivity contribution is 6.30. The zero-order valence-electron chi connectivity index (χ0n) is 14.9. The second-order valence-corrected chi connectivity index (χ2v) is 7.40. The van der Waals surface area contributed by atoms with Crippen molar-refractivity contribution < 1.29 is 14.3 Å². The molecule has 1 atom stereocenters. The molecular weight excluding hydrogens is 364 g/mol. The number of ether oxygens (including phenoxy) is 1. The maximum absolute atomic E-state index is 13.3. The molecule has 2 aromatic rings. The number of nitrogens with one attached hydrogen (secondary N) is 1. The van der Waals surface area contributed by atoms with Crippen LogP contribution in [0.3, 0.4) is 0 Å². The van der Waals surface area contributed by atoms with Crippen LogP contribution in [0.2, 0.25) is 5.02 Å². The van der Waals surface area contributed by atoms with Gasteiger partial charge in [0.2, 0.25) is 0 Å². The van der Waals surface area contributed by atoms with Gasteiger partial charge in [-0.2, -0.15) is 0 Å². The first-order valence-corrected chi connectivity index (χ1v) is 9.59. The van der Waals surface area contributed by atoms with E-state index in [4.69, 9.17) is 16.3 Å². The van der Waals surface area contributed by atoms with Crippen LogP contribution in [-0.2, 0) is 16.8 Å². The minimum absolute atomic E-state index is 0.184. The number of urea groups is 1. The summed E-state index contributed by atoms with van der Waals surface area (Å²) in [5.74, 6) is 0.431. The van der Waals surface area contributed by atoms with Crippen LogP contribution in [0.15, 0.2) is 48.5 Å². The lowest BCUT2D eigenvalue weighted by atomic mass is 9.84. The molecule has 1 aliphatic carbocycles. The molecule has 1 N–H and O–H groups in total. The number of nitrogens with zero attached hydrogens (tertiary/aromatic N) is 1. The van der Waals surface area contributed by atoms with E-state index >= 15 is 0 Å². The third-order valence-corrected chi connectivity index (χ3v) is 5.52. The van der Waals surface area contributed by atoms with Crippen LogP contribution >= 0.6 is 11.6 Å². The van der Waals surface area contributed by atoms with Gasteiger partial charge in [-0.15, -0.1) is 0 Å². The minimum Gasteiger partial charge on any atom is -0.492 e. The number of carbonyl (C=O) groups excluding carboxylic acids is 2. The molecule has 0 saturated carbocycles. The topological polar surface area (TPSA) is 58.6 Å². The highest BCUT2D eigenvalue weighted by Crippen LogP contribution is 2.38. The van der Waals surface area contributed by atoms with E-state index in [1.54, 1.807) is 24.3 Å². The number of aryl methyl sites for hydroxylation is 1. The minimum atomic E-state index is -0.944. The predicted octanol–water partition coefficient (Wildman–Crippen LogP) is 3.89. The molecule has 1 spiro atoms. The molecule has 0 aromatic heterocycles. The summed E-state index contributed by atoms with van der Waals surface area (Å²) in [6.45, 7) is 0.415. The van der Waals surface area contributed by atoms with Gasteiger partial charge in [0.15, 0.2) is 0 Å². The molecule has 27 heavy (non-hydrogen) atoms. The molecule has 4 rings (SSSR count). The van der Waals surface area contributed by atoms with Crippen molar-refractivity contribution in [2.45, 2.75) is 31.2 Å². The molecule has 3 amide bonds. The average Bonchev–Trinajstić information content (AvgIpc) is 2.80. The lowest BCUT2D eigenvalue weighted by Gasteiger charge is -2.27. The molecule has 2 aromatic carbocycles. The average molecular weight is 385 g/mol. The third-order valence-electron chi connectivity index (χ3n) is 5.28. The first-order chi connectivity index (χ1) is 13.1. The van der Waals surface area contributed by atoms with Crippen LogP contribution in [0.25, 0.3) is 0 Å². The lowest BCUT2D eigenvalue weighted by Crippen LogP contribution is -2.44. The van der Waals surface area contributed by atoms with Crippen LogP contribution in [0.5, 0.6) is 5.75 Å². The first kappa shape index (κ1) is 17.9. The number of carbonyl (C=O) groups is 2. The number of benzene rings is 2. The summed E-state index contributed by atoms with van der Waals surface area (Å²) in [5, 5.41) is 3.56. The molecule has 1 aliphatic heterocycles. The summed E-state index contributed by atoms with van der Waals surface area (Å²) in [4.78, 5) is 27.1. The Morgan fingerprint density at radius 2 is 1.96 bits per heavy atom. The zero-order chi connectivity index (χ0) is 18.9. The Bertz CT molecular complexity index is 885. The van der Waals surface area contributed by atoms with Crippen molar-refractivity contribution in [3.8, 4) is 5.75 Å². The fourth-order valence-electron chi connectivity index (χ4n) is 3.99. The lowest BCUT2D eigenvalue weighted by molar-refractivity contribution is -0.132. The van der Waals surface area contributed by atoms with Crippen molar-refractivity contribution >= 4 is 23.5 Å². The number of rotatable bonds is 4. The van der Waals surface area contributed by atoms with Crippen molar-refractivity contribution in [2.75, 3.05) is 13.2 Å². The maximum atomic E-state index is 13.3. The summed E-state index contributed by atoms with van der Waals surface area (Å²) in [6, 6.07) is 14.6. The number of amides is 3. The van der Waals surface area contributed by atoms with E-state index < -0.39 is 5.54 Å². The summed E-state index contributed by atoms with van der Waals surface area (Å²) < 4.78 is 5.66. The van der Waals surface area contributed by atoms with Crippen LogP contribution in [-0.4, -0.2) is 30.0 Å².